The number of nitrogens with zero attached hydrogens (tertiary/aromatic N) is 2. The molecule has 0 radical (unpaired) electrons. The van der Waals surface area contributed by atoms with Gasteiger partial charge in [0.15, 0.2) is 16.4 Å². The van der Waals surface area contributed by atoms with Crippen LogP contribution >= 0.6 is 0 Å². The Morgan fingerprint density at radius 2 is 1.89 bits per heavy atom. The molecule has 0 spiro atoms. The van der Waals surface area contributed by atoms with E-state index in [1.165, 1.54) is 11.2 Å². The minimum atomic E-state index is -3.94. The average Bonchev–Trinajstić information content (AvgIpc) is 3.24. The lowest BCUT2D eigenvalue weighted by molar-refractivity contribution is -0.120. The van der Waals surface area contributed by atoms with Gasteiger partial charge in [0.25, 0.3) is 0 Å². The number of rotatable bonds is 7. The van der Waals surface area contributed by atoms with Crippen LogP contribution in [-0.2, 0) is 14.8 Å². The third kappa shape index (κ3) is 5.58. The van der Waals surface area contributed by atoms with E-state index in [1.54, 1.807) is 43.3 Å². The number of hydrogen-bond donors (Lipinski definition) is 1. The molecule has 4 rings (SSSR count). The number of piperidine rings is 1. The van der Waals surface area contributed by atoms with Gasteiger partial charge in [0.2, 0.25) is 15.9 Å². The van der Waals surface area contributed by atoms with Crippen molar-refractivity contribution >= 4 is 39.6 Å². The molecule has 0 unspecified atom stereocenters. The Kier molecular flexibility index (Phi) is 7.28. The van der Waals surface area contributed by atoms with E-state index >= 15 is 0 Å². The lowest BCUT2D eigenvalue weighted by atomic mass is 9.98. The maximum Gasteiger partial charge on any atom is 0.248 e. The number of Topliss-reactive ketones (excluding diaryl/α,β-unsaturated/α-hetero) is 1. The fourth-order valence-electron chi connectivity index (χ4n) is 4.10. The van der Waals surface area contributed by atoms with Crippen LogP contribution in [-0.4, -0.2) is 42.7 Å². The molecule has 1 aliphatic rings. The van der Waals surface area contributed by atoms with Gasteiger partial charge in [-0.15, -0.1) is 0 Å². The summed E-state index contributed by atoms with van der Waals surface area (Å²) in [6.07, 6.45) is 4.47. The molecule has 182 valence electrons. The van der Waals surface area contributed by atoms with Crippen molar-refractivity contribution in [3.05, 3.63) is 77.2 Å². The molecule has 1 saturated heterocycles. The second-order valence-corrected chi connectivity index (χ2v) is 10.4. The van der Waals surface area contributed by atoms with Crippen molar-refractivity contribution in [2.24, 2.45) is 5.92 Å². The monoisotopic (exact) mass is 493 g/mol. The molecule has 0 bridgehead atoms. The van der Waals surface area contributed by atoms with Gasteiger partial charge in [-0.3, -0.25) is 9.59 Å². The predicted octanol–water partition coefficient (Wildman–Crippen LogP) is 4.40. The molecule has 35 heavy (non-hydrogen) atoms. The number of carbonyl (C=O) groups is 2. The Morgan fingerprint density at radius 1 is 1.11 bits per heavy atom. The molecule has 2 heterocycles. The zero-order valence-electron chi connectivity index (χ0n) is 19.6. The van der Waals surface area contributed by atoms with E-state index in [1.807, 2.05) is 30.3 Å². The van der Waals surface area contributed by atoms with Crippen molar-refractivity contribution < 1.29 is 22.5 Å². The van der Waals surface area contributed by atoms with Gasteiger partial charge < -0.3 is 9.84 Å². The highest BCUT2D eigenvalue weighted by Crippen LogP contribution is 2.29. The van der Waals surface area contributed by atoms with Crippen LogP contribution in [0.25, 0.3) is 12.2 Å². The molecule has 1 fully saturated rings. The second kappa shape index (κ2) is 10.4. The fraction of sp³-hybridized carbons (Fsp3) is 0.269. The quantitative estimate of drug-likeness (QED) is 0.489. The molecule has 1 amide bonds. The molecular weight excluding hydrogens is 466 g/mol. The highest BCUT2D eigenvalue weighted by Gasteiger charge is 2.37. The van der Waals surface area contributed by atoms with Crippen LogP contribution in [0, 0.1) is 12.8 Å². The number of amides is 1. The molecule has 1 atom stereocenters. The van der Waals surface area contributed by atoms with Crippen LogP contribution in [0.4, 0.5) is 5.69 Å². The number of nitrogens with one attached hydrogen (secondary N) is 1. The molecule has 0 saturated carbocycles. The Labute approximate surface area is 204 Å². The molecule has 0 aliphatic carbocycles. The van der Waals surface area contributed by atoms with Gasteiger partial charge in [-0.05, 0) is 50.5 Å². The van der Waals surface area contributed by atoms with Gasteiger partial charge in [0.1, 0.15) is 5.69 Å². The summed E-state index contributed by atoms with van der Waals surface area (Å²) in [6, 6.07) is 16.2. The third-order valence-corrected chi connectivity index (χ3v) is 7.97. The molecule has 1 N–H and O–H groups in total. The molecule has 1 aromatic heterocycles. The van der Waals surface area contributed by atoms with Crippen LogP contribution in [0.15, 0.2) is 64.0 Å². The normalized spacial score (nSPS) is 16.9. The summed E-state index contributed by atoms with van der Waals surface area (Å²) in [4.78, 5) is 24.6. The maximum atomic E-state index is 13.6. The highest BCUT2D eigenvalue weighted by atomic mass is 32.2. The maximum absolute atomic E-state index is 13.6. The van der Waals surface area contributed by atoms with Crippen molar-refractivity contribution in [2.75, 3.05) is 18.4 Å². The van der Waals surface area contributed by atoms with Crippen LogP contribution in [0.2, 0.25) is 0 Å². The lowest BCUT2D eigenvalue weighted by Gasteiger charge is -2.31. The van der Waals surface area contributed by atoms with E-state index < -0.39 is 15.9 Å². The van der Waals surface area contributed by atoms with Crippen molar-refractivity contribution in [3.8, 4) is 0 Å². The van der Waals surface area contributed by atoms with Crippen LogP contribution in [0.3, 0.4) is 0 Å². The van der Waals surface area contributed by atoms with Gasteiger partial charge in [-0.25, -0.2) is 8.42 Å². The molecule has 9 heteroatoms. The van der Waals surface area contributed by atoms with E-state index in [-0.39, 0.29) is 34.6 Å². The van der Waals surface area contributed by atoms with Crippen LogP contribution in [0.5, 0.6) is 0 Å². The number of carbonyl (C=O) groups excluding carboxylic acids is 2. The first-order valence-corrected chi connectivity index (χ1v) is 12.8. The zero-order valence-corrected chi connectivity index (χ0v) is 20.4. The van der Waals surface area contributed by atoms with E-state index in [9.17, 15) is 18.0 Å². The van der Waals surface area contributed by atoms with E-state index in [2.05, 4.69) is 10.5 Å². The molecule has 8 nitrogen and oxygen atoms in total. The number of benzene rings is 2. The number of hydrogen-bond acceptors (Lipinski definition) is 6. The van der Waals surface area contributed by atoms with Crippen LogP contribution in [0.1, 0.15) is 47.1 Å². The fourth-order valence-corrected chi connectivity index (χ4v) is 5.87. The minimum absolute atomic E-state index is 0.0138. The lowest BCUT2D eigenvalue weighted by Crippen LogP contribution is -2.43. The first kappa shape index (κ1) is 24.6. The summed E-state index contributed by atoms with van der Waals surface area (Å²) in [5.41, 5.74) is 2.17. The van der Waals surface area contributed by atoms with Crippen LogP contribution < -0.4 is 5.32 Å². The van der Waals surface area contributed by atoms with E-state index in [4.69, 9.17) is 4.52 Å². The SMILES string of the molecule is CC(=O)c1cccc(NC(=O)[C@@H]2CCCN(S(=O)(=O)c3c(C)noc3/C=C/c3ccccc3)C2)c1. The smallest absolute Gasteiger partial charge is 0.248 e. The number of ketones is 1. The molecular formula is C26H27N3O5S. The number of aromatic nitrogens is 1. The Balaban J connectivity index is 1.52. The zero-order chi connectivity index (χ0) is 25.0. The summed E-state index contributed by atoms with van der Waals surface area (Å²) in [7, 11) is -3.94. The van der Waals surface area contributed by atoms with Crippen molar-refractivity contribution in [1.29, 1.82) is 0 Å². The Bertz CT molecular complexity index is 1360. The number of aryl methyl sites for hydroxylation is 1. The summed E-state index contributed by atoms with van der Waals surface area (Å²) in [6.45, 7) is 3.40. The van der Waals surface area contributed by atoms with Gasteiger partial charge in [0.05, 0.1) is 5.92 Å². The number of anilines is 1. The van der Waals surface area contributed by atoms with E-state index in [0.29, 0.717) is 30.6 Å². The summed E-state index contributed by atoms with van der Waals surface area (Å²) < 4.78 is 33.8. The van der Waals surface area contributed by atoms with Crippen molar-refractivity contribution in [2.45, 2.75) is 31.6 Å². The largest absolute Gasteiger partial charge is 0.355 e. The first-order chi connectivity index (χ1) is 16.8. The summed E-state index contributed by atoms with van der Waals surface area (Å²) in [5, 5.41) is 6.70. The highest BCUT2D eigenvalue weighted by molar-refractivity contribution is 7.89. The van der Waals surface area contributed by atoms with Gasteiger partial charge >= 0.3 is 0 Å². The summed E-state index contributed by atoms with van der Waals surface area (Å²) in [5.74, 6) is -0.754. The Morgan fingerprint density at radius 3 is 2.63 bits per heavy atom. The third-order valence-electron chi connectivity index (χ3n) is 5.95. The van der Waals surface area contributed by atoms with E-state index in [0.717, 1.165) is 5.56 Å². The first-order valence-electron chi connectivity index (χ1n) is 11.4. The summed E-state index contributed by atoms with van der Waals surface area (Å²) >= 11 is 0. The van der Waals surface area contributed by atoms with Gasteiger partial charge in [-0.1, -0.05) is 53.7 Å². The topological polar surface area (TPSA) is 110 Å². The molecule has 2 aromatic carbocycles. The molecule has 1 aliphatic heterocycles. The predicted molar refractivity (Wildman–Crippen MR) is 133 cm³/mol. The average molecular weight is 494 g/mol. The van der Waals surface area contributed by atoms with Gasteiger partial charge in [-0.2, -0.15) is 4.31 Å². The van der Waals surface area contributed by atoms with Crippen molar-refractivity contribution in [3.63, 3.8) is 0 Å². The van der Waals surface area contributed by atoms with Crippen molar-refractivity contribution in [1.82, 2.24) is 9.46 Å². The standard InChI is InChI=1S/C26H27N3O5S/c1-18-25(24(34-28-18)14-13-20-8-4-3-5-9-20)35(32,33)29-15-7-11-22(17-29)26(31)27-23-12-6-10-21(16-23)19(2)30/h3-6,8-10,12-14,16,22H,7,11,15,17H2,1-2H3,(H,27,31)/b14-13+/t22-/m1/s1. The van der Waals surface area contributed by atoms with Gasteiger partial charge in [0, 0.05) is 24.3 Å². The minimum Gasteiger partial charge on any atom is -0.355 e. The Hall–Kier alpha value is -3.56. The second-order valence-electron chi connectivity index (χ2n) is 8.53. The molecule has 3 aromatic rings. The number of sulfonamides is 1.